The first-order chi connectivity index (χ1) is 10.6. The van der Waals surface area contributed by atoms with Gasteiger partial charge in [-0.1, -0.05) is 29.8 Å². The molecule has 0 spiro atoms. The van der Waals surface area contributed by atoms with Gasteiger partial charge in [0, 0.05) is 10.6 Å². The van der Waals surface area contributed by atoms with Crippen molar-refractivity contribution < 1.29 is 19.1 Å². The van der Waals surface area contributed by atoms with Gasteiger partial charge in [-0.25, -0.2) is 4.79 Å². The van der Waals surface area contributed by atoms with Gasteiger partial charge in [-0.05, 0) is 36.8 Å². The lowest BCUT2D eigenvalue weighted by molar-refractivity contribution is 0.0664. The maximum atomic E-state index is 11.2. The third-order valence-electron chi connectivity index (χ3n) is 3.42. The van der Waals surface area contributed by atoms with E-state index < -0.39 is 5.97 Å². The number of benzene rings is 2. The summed E-state index contributed by atoms with van der Waals surface area (Å²) in [5.41, 5.74) is 2.04. The Bertz CT molecular complexity index is 834. The van der Waals surface area contributed by atoms with Gasteiger partial charge in [0.05, 0.1) is 5.39 Å². The summed E-state index contributed by atoms with van der Waals surface area (Å²) in [5, 5.41) is 10.5. The molecule has 22 heavy (non-hydrogen) atoms. The van der Waals surface area contributed by atoms with Crippen molar-refractivity contribution in [3.8, 4) is 5.75 Å². The first-order valence-corrected chi connectivity index (χ1v) is 7.06. The highest BCUT2D eigenvalue weighted by atomic mass is 35.5. The van der Waals surface area contributed by atoms with Gasteiger partial charge in [-0.15, -0.1) is 0 Å². The van der Waals surface area contributed by atoms with Crippen LogP contribution in [-0.4, -0.2) is 11.1 Å². The molecular weight excluding hydrogens is 304 g/mol. The fraction of sp³-hybridized carbons (Fsp3) is 0.118. The van der Waals surface area contributed by atoms with Gasteiger partial charge in [-0.3, -0.25) is 0 Å². The van der Waals surface area contributed by atoms with Gasteiger partial charge in [0.15, 0.2) is 0 Å². The molecule has 0 bridgehead atoms. The minimum absolute atomic E-state index is 0.0578. The molecule has 2 aromatic carbocycles. The van der Waals surface area contributed by atoms with Crippen LogP contribution in [0.5, 0.6) is 5.75 Å². The fourth-order valence-corrected chi connectivity index (χ4v) is 2.46. The summed E-state index contributed by atoms with van der Waals surface area (Å²) >= 11 is 5.85. The number of furan rings is 1. The minimum atomic E-state index is -1.09. The molecule has 0 radical (unpaired) electrons. The average molecular weight is 317 g/mol. The van der Waals surface area contributed by atoms with Crippen LogP contribution in [0.4, 0.5) is 0 Å². The largest absolute Gasteiger partial charge is 0.488 e. The molecule has 0 saturated heterocycles. The molecule has 0 aliphatic rings. The van der Waals surface area contributed by atoms with Gasteiger partial charge in [0.2, 0.25) is 5.76 Å². The zero-order valence-corrected chi connectivity index (χ0v) is 12.6. The second-order valence-corrected chi connectivity index (χ2v) is 5.34. The predicted octanol–water partition coefficient (Wildman–Crippen LogP) is 4.67. The highest BCUT2D eigenvalue weighted by Crippen LogP contribution is 2.33. The van der Waals surface area contributed by atoms with Crippen LogP contribution < -0.4 is 4.74 Å². The highest BCUT2D eigenvalue weighted by Gasteiger charge is 2.19. The molecule has 3 rings (SSSR count). The summed E-state index contributed by atoms with van der Waals surface area (Å²) in [5.74, 6) is -0.545. The van der Waals surface area contributed by atoms with Crippen LogP contribution in [-0.2, 0) is 6.61 Å². The van der Waals surface area contributed by atoms with Crippen molar-refractivity contribution in [3.63, 3.8) is 0 Å². The summed E-state index contributed by atoms with van der Waals surface area (Å²) in [7, 11) is 0. The molecule has 0 amide bonds. The van der Waals surface area contributed by atoms with E-state index >= 15 is 0 Å². The third-order valence-corrected chi connectivity index (χ3v) is 3.67. The van der Waals surface area contributed by atoms with E-state index in [4.69, 9.17) is 25.9 Å². The Labute approximate surface area is 131 Å². The summed E-state index contributed by atoms with van der Waals surface area (Å²) in [6, 6.07) is 12.7. The fourth-order valence-electron chi connectivity index (χ4n) is 2.33. The normalized spacial score (nSPS) is 10.8. The quantitative estimate of drug-likeness (QED) is 0.759. The standard InChI is InChI=1S/C17H13ClO4/c1-10-15-13(21-9-11-5-7-12(18)8-6-11)3-2-4-14(15)22-16(10)17(19)20/h2-8H,9H2,1H3,(H,19,20). The monoisotopic (exact) mass is 316 g/mol. The zero-order valence-electron chi connectivity index (χ0n) is 11.8. The summed E-state index contributed by atoms with van der Waals surface area (Å²) in [6.45, 7) is 2.08. The average Bonchev–Trinajstić information content (AvgIpc) is 2.85. The second kappa shape index (κ2) is 5.73. The minimum Gasteiger partial charge on any atom is -0.488 e. The zero-order chi connectivity index (χ0) is 15.7. The van der Waals surface area contributed by atoms with Crippen LogP contribution in [0.2, 0.25) is 5.02 Å². The van der Waals surface area contributed by atoms with E-state index in [9.17, 15) is 4.79 Å². The maximum Gasteiger partial charge on any atom is 0.372 e. The van der Waals surface area contributed by atoms with Crippen molar-refractivity contribution in [1.29, 1.82) is 0 Å². The number of aromatic carboxylic acids is 1. The van der Waals surface area contributed by atoms with E-state index in [0.29, 0.717) is 33.9 Å². The Morgan fingerprint density at radius 2 is 1.95 bits per heavy atom. The summed E-state index contributed by atoms with van der Waals surface area (Å²) < 4.78 is 11.2. The Balaban J connectivity index is 1.93. The molecule has 1 aromatic heterocycles. The van der Waals surface area contributed by atoms with E-state index in [1.807, 2.05) is 12.1 Å². The molecular formula is C17H13ClO4. The third kappa shape index (κ3) is 2.65. The van der Waals surface area contributed by atoms with E-state index in [1.54, 1.807) is 37.3 Å². The van der Waals surface area contributed by atoms with Gasteiger partial charge < -0.3 is 14.3 Å². The molecule has 3 aromatic rings. The lowest BCUT2D eigenvalue weighted by atomic mass is 10.1. The Hall–Kier alpha value is -2.46. The lowest BCUT2D eigenvalue weighted by Gasteiger charge is -2.08. The second-order valence-electron chi connectivity index (χ2n) is 4.91. The number of aryl methyl sites for hydroxylation is 1. The molecule has 0 aliphatic carbocycles. The lowest BCUT2D eigenvalue weighted by Crippen LogP contribution is -1.97. The maximum absolute atomic E-state index is 11.2. The van der Waals surface area contributed by atoms with E-state index in [-0.39, 0.29) is 5.76 Å². The number of hydrogen-bond acceptors (Lipinski definition) is 3. The van der Waals surface area contributed by atoms with E-state index in [0.717, 1.165) is 5.56 Å². The van der Waals surface area contributed by atoms with Crippen LogP contribution in [0.1, 0.15) is 21.7 Å². The first kappa shape index (κ1) is 14.5. The van der Waals surface area contributed by atoms with Crippen LogP contribution in [0.15, 0.2) is 46.9 Å². The molecule has 1 N–H and O–H groups in total. The molecule has 1 heterocycles. The number of halogens is 1. The molecule has 112 valence electrons. The van der Waals surface area contributed by atoms with Gasteiger partial charge >= 0.3 is 5.97 Å². The number of rotatable bonds is 4. The first-order valence-electron chi connectivity index (χ1n) is 6.69. The van der Waals surface area contributed by atoms with E-state index in [2.05, 4.69) is 0 Å². The van der Waals surface area contributed by atoms with Crippen molar-refractivity contribution in [2.75, 3.05) is 0 Å². The molecule has 0 atom stereocenters. The number of carboxylic acids is 1. The van der Waals surface area contributed by atoms with E-state index in [1.165, 1.54) is 0 Å². The molecule has 5 heteroatoms. The predicted molar refractivity (Wildman–Crippen MR) is 83.7 cm³/mol. The van der Waals surface area contributed by atoms with Crippen molar-refractivity contribution in [2.45, 2.75) is 13.5 Å². The van der Waals surface area contributed by atoms with Crippen molar-refractivity contribution in [1.82, 2.24) is 0 Å². The van der Waals surface area contributed by atoms with Gasteiger partial charge in [0.1, 0.15) is 17.9 Å². The van der Waals surface area contributed by atoms with Crippen molar-refractivity contribution in [2.24, 2.45) is 0 Å². The molecule has 0 unspecified atom stereocenters. The van der Waals surface area contributed by atoms with Crippen LogP contribution in [0.25, 0.3) is 11.0 Å². The van der Waals surface area contributed by atoms with Crippen molar-refractivity contribution in [3.05, 3.63) is 64.4 Å². The van der Waals surface area contributed by atoms with Crippen LogP contribution in [0, 0.1) is 6.92 Å². The Morgan fingerprint density at radius 3 is 2.64 bits per heavy atom. The van der Waals surface area contributed by atoms with Crippen LogP contribution in [0.3, 0.4) is 0 Å². The Morgan fingerprint density at radius 1 is 1.23 bits per heavy atom. The molecule has 0 fully saturated rings. The number of ether oxygens (including phenoxy) is 1. The highest BCUT2D eigenvalue weighted by molar-refractivity contribution is 6.30. The summed E-state index contributed by atoms with van der Waals surface area (Å²) in [4.78, 5) is 11.2. The topological polar surface area (TPSA) is 59.7 Å². The smallest absolute Gasteiger partial charge is 0.372 e. The Kier molecular flexibility index (Phi) is 3.77. The number of carbonyl (C=O) groups is 1. The SMILES string of the molecule is Cc1c(C(=O)O)oc2cccc(OCc3ccc(Cl)cc3)c12. The molecule has 0 saturated carbocycles. The molecule has 0 aliphatic heterocycles. The van der Waals surface area contributed by atoms with Crippen molar-refractivity contribution >= 4 is 28.5 Å². The van der Waals surface area contributed by atoms with Gasteiger partial charge in [-0.2, -0.15) is 0 Å². The van der Waals surface area contributed by atoms with Crippen LogP contribution >= 0.6 is 11.6 Å². The van der Waals surface area contributed by atoms with Gasteiger partial charge in [0.25, 0.3) is 0 Å². The number of carboxylic acid groups (broad SMARTS) is 1. The summed E-state index contributed by atoms with van der Waals surface area (Å²) in [6.07, 6.45) is 0. The number of fused-ring (bicyclic) bond motifs is 1. The molecule has 4 nitrogen and oxygen atoms in total. The number of hydrogen-bond donors (Lipinski definition) is 1.